The summed E-state index contributed by atoms with van der Waals surface area (Å²) in [4.78, 5) is 31.9. The van der Waals surface area contributed by atoms with Crippen molar-refractivity contribution in [2.24, 2.45) is 0 Å². The zero-order valence-electron chi connectivity index (χ0n) is 27.4. The maximum atomic E-state index is 14.1. The van der Waals surface area contributed by atoms with Crippen LogP contribution in [0.1, 0.15) is 58.4 Å². The van der Waals surface area contributed by atoms with Crippen LogP contribution in [0.2, 0.25) is 0 Å². The molecule has 0 radical (unpaired) electrons. The highest BCUT2D eigenvalue weighted by Crippen LogP contribution is 2.36. The van der Waals surface area contributed by atoms with E-state index >= 15 is 0 Å². The number of hydrogen-bond donors (Lipinski definition) is 2. The number of carbonyl (C=O) groups is 2. The van der Waals surface area contributed by atoms with Gasteiger partial charge in [0.2, 0.25) is 0 Å². The molecular formula is C37H43N3O7. The highest BCUT2D eigenvalue weighted by molar-refractivity contribution is 5.86. The number of nitrogens with one attached hydrogen (secondary N) is 2. The van der Waals surface area contributed by atoms with Crippen molar-refractivity contribution < 1.29 is 33.3 Å². The molecule has 1 heterocycles. The molecule has 10 nitrogen and oxygen atoms in total. The van der Waals surface area contributed by atoms with Crippen LogP contribution in [0, 0.1) is 0 Å². The number of anilines is 1. The van der Waals surface area contributed by atoms with Gasteiger partial charge in [0.1, 0.15) is 17.5 Å². The van der Waals surface area contributed by atoms with Crippen molar-refractivity contribution in [2.45, 2.75) is 76.9 Å². The van der Waals surface area contributed by atoms with Crippen molar-refractivity contribution in [3.8, 4) is 17.2 Å². The van der Waals surface area contributed by atoms with Crippen LogP contribution >= 0.6 is 0 Å². The average molecular weight is 642 g/mol. The van der Waals surface area contributed by atoms with Crippen molar-refractivity contribution >= 4 is 28.7 Å². The number of rotatable bonds is 13. The summed E-state index contributed by atoms with van der Waals surface area (Å²) in [6, 6.07) is 24.8. The first-order valence-corrected chi connectivity index (χ1v) is 16.0. The molecule has 2 N–H and O–H groups in total. The number of benzene rings is 3. The molecule has 10 heteroatoms. The van der Waals surface area contributed by atoms with E-state index < -0.39 is 23.4 Å². The smallest absolute Gasteiger partial charge is 0.411 e. The lowest BCUT2D eigenvalue weighted by molar-refractivity contribution is -0.172. The number of ether oxygens (including phenoxy) is 5. The van der Waals surface area contributed by atoms with Crippen LogP contribution in [0.15, 0.2) is 85.1 Å². The molecule has 1 saturated carbocycles. The van der Waals surface area contributed by atoms with Crippen molar-refractivity contribution in [3.63, 3.8) is 0 Å². The van der Waals surface area contributed by atoms with Gasteiger partial charge >= 0.3 is 12.1 Å². The lowest BCUT2D eigenvalue weighted by Gasteiger charge is -2.34. The molecule has 1 unspecified atom stereocenters. The first-order chi connectivity index (χ1) is 22.6. The van der Waals surface area contributed by atoms with E-state index in [1.165, 1.54) is 12.7 Å². The summed E-state index contributed by atoms with van der Waals surface area (Å²) < 4.78 is 29.8. The standard InChI is InChI=1S/C37H43N3O7/c1-36(2,3)47-35(42)40-37(34(41)45-30-14-8-9-15-30,46-33-24-31-27(13-10-21-38-31)23-32(33)43-4)20-22-44-29-18-16-28(17-19-29)39-25-26-11-6-5-7-12-26/h5-7,10-13,16-19,21,23-24,30,39H,8-9,14-15,20,22,25H2,1-4H3,(H,40,42). The fourth-order valence-corrected chi connectivity index (χ4v) is 5.34. The number of methoxy groups -OCH3 is 1. The quantitative estimate of drug-likeness (QED) is 0.114. The van der Waals surface area contributed by atoms with Crippen LogP contribution < -0.4 is 24.8 Å². The lowest BCUT2D eigenvalue weighted by atomic mass is 10.1. The number of carbonyl (C=O) groups excluding carboxylic acids is 2. The van der Waals surface area contributed by atoms with Crippen LogP contribution in [0.3, 0.4) is 0 Å². The van der Waals surface area contributed by atoms with E-state index in [1.807, 2.05) is 54.6 Å². The Kier molecular flexibility index (Phi) is 10.7. The Morgan fingerprint density at radius 1 is 0.915 bits per heavy atom. The molecule has 47 heavy (non-hydrogen) atoms. The predicted molar refractivity (Wildman–Crippen MR) is 180 cm³/mol. The minimum atomic E-state index is -2.02. The lowest BCUT2D eigenvalue weighted by Crippen LogP contribution is -2.61. The second kappa shape index (κ2) is 15.1. The summed E-state index contributed by atoms with van der Waals surface area (Å²) in [5, 5.41) is 6.93. The molecule has 1 aliphatic rings. The summed E-state index contributed by atoms with van der Waals surface area (Å²) in [5.74, 6) is 0.390. The molecule has 1 atom stereocenters. The van der Waals surface area contributed by atoms with Crippen LogP contribution in [0.5, 0.6) is 17.2 Å². The van der Waals surface area contributed by atoms with E-state index in [-0.39, 0.29) is 24.9 Å². The van der Waals surface area contributed by atoms with Crippen LogP contribution in [0.4, 0.5) is 10.5 Å². The van der Waals surface area contributed by atoms with Crippen molar-refractivity contribution in [2.75, 3.05) is 19.0 Å². The van der Waals surface area contributed by atoms with Gasteiger partial charge in [-0.15, -0.1) is 0 Å². The molecule has 248 valence electrons. The van der Waals surface area contributed by atoms with E-state index in [9.17, 15) is 9.59 Å². The molecule has 1 aromatic heterocycles. The molecule has 3 aromatic carbocycles. The Morgan fingerprint density at radius 2 is 1.66 bits per heavy atom. The monoisotopic (exact) mass is 641 g/mol. The zero-order chi connectivity index (χ0) is 33.3. The van der Waals surface area contributed by atoms with Crippen LogP contribution in [0.25, 0.3) is 10.9 Å². The summed E-state index contributed by atoms with van der Waals surface area (Å²) in [5.41, 5.74) is -0.121. The Morgan fingerprint density at radius 3 is 2.36 bits per heavy atom. The summed E-state index contributed by atoms with van der Waals surface area (Å²) in [6.45, 7) is 5.91. The predicted octanol–water partition coefficient (Wildman–Crippen LogP) is 7.41. The van der Waals surface area contributed by atoms with Gasteiger partial charge in [0.15, 0.2) is 11.5 Å². The van der Waals surface area contributed by atoms with E-state index in [0.717, 1.165) is 36.8 Å². The second-order valence-corrected chi connectivity index (χ2v) is 12.5. The largest absolute Gasteiger partial charge is 0.493 e. The van der Waals surface area contributed by atoms with E-state index in [0.29, 0.717) is 23.6 Å². The number of aromatic nitrogens is 1. The van der Waals surface area contributed by atoms with Gasteiger partial charge in [0, 0.05) is 29.9 Å². The van der Waals surface area contributed by atoms with Gasteiger partial charge in [-0.3, -0.25) is 10.3 Å². The van der Waals surface area contributed by atoms with Gasteiger partial charge in [-0.1, -0.05) is 36.4 Å². The van der Waals surface area contributed by atoms with Gasteiger partial charge < -0.3 is 29.0 Å². The van der Waals surface area contributed by atoms with Gasteiger partial charge in [-0.05, 0) is 88.4 Å². The normalized spacial score (nSPS) is 14.6. The fraction of sp³-hybridized carbons (Fsp3) is 0.378. The van der Waals surface area contributed by atoms with E-state index in [4.69, 9.17) is 23.7 Å². The molecule has 0 spiro atoms. The highest BCUT2D eigenvalue weighted by Gasteiger charge is 2.47. The van der Waals surface area contributed by atoms with Gasteiger partial charge in [0.25, 0.3) is 5.72 Å². The minimum Gasteiger partial charge on any atom is -0.493 e. The first kappa shape index (κ1) is 33.4. The maximum absolute atomic E-state index is 14.1. The number of fused-ring (bicyclic) bond motifs is 1. The van der Waals surface area contributed by atoms with Crippen molar-refractivity contribution in [1.29, 1.82) is 0 Å². The summed E-state index contributed by atoms with van der Waals surface area (Å²) >= 11 is 0. The third-order valence-electron chi connectivity index (χ3n) is 7.70. The number of nitrogens with zero attached hydrogens (tertiary/aromatic N) is 1. The van der Waals surface area contributed by atoms with Crippen molar-refractivity contribution in [1.82, 2.24) is 10.3 Å². The first-order valence-electron chi connectivity index (χ1n) is 16.0. The van der Waals surface area contributed by atoms with E-state index in [2.05, 4.69) is 27.8 Å². The molecule has 5 rings (SSSR count). The Balaban J connectivity index is 1.40. The topological polar surface area (TPSA) is 117 Å². The third kappa shape index (κ3) is 9.28. The molecule has 1 amide bonds. The van der Waals surface area contributed by atoms with Gasteiger partial charge in [-0.2, -0.15) is 0 Å². The SMILES string of the molecule is COc1cc2cccnc2cc1OC(CCOc1ccc(NCc2ccccc2)cc1)(NC(=O)OC(C)(C)C)C(=O)OC1CCCC1. The minimum absolute atomic E-state index is 0.000498. The van der Waals surface area contributed by atoms with E-state index in [1.54, 1.807) is 39.1 Å². The molecule has 4 aromatic rings. The Labute approximate surface area is 275 Å². The fourth-order valence-electron chi connectivity index (χ4n) is 5.34. The number of amides is 1. The molecule has 0 aliphatic heterocycles. The van der Waals surface area contributed by atoms with Gasteiger partial charge in [0.05, 0.1) is 25.7 Å². The van der Waals surface area contributed by atoms with Crippen LogP contribution in [-0.2, 0) is 20.8 Å². The zero-order valence-corrected chi connectivity index (χ0v) is 27.4. The number of hydrogen-bond acceptors (Lipinski definition) is 9. The average Bonchev–Trinajstić information content (AvgIpc) is 3.56. The Bertz CT molecular complexity index is 1630. The van der Waals surface area contributed by atoms with Gasteiger partial charge in [-0.25, -0.2) is 9.59 Å². The second-order valence-electron chi connectivity index (χ2n) is 12.5. The summed E-state index contributed by atoms with van der Waals surface area (Å²) in [7, 11) is 1.51. The Hall–Kier alpha value is -4.99. The molecule has 0 saturated heterocycles. The molecule has 1 fully saturated rings. The van der Waals surface area contributed by atoms with Crippen molar-refractivity contribution in [3.05, 3.63) is 90.6 Å². The highest BCUT2D eigenvalue weighted by atomic mass is 16.6. The number of pyridine rings is 1. The molecule has 1 aliphatic carbocycles. The third-order valence-corrected chi connectivity index (χ3v) is 7.70. The molecule has 0 bridgehead atoms. The number of alkyl carbamates (subject to hydrolysis) is 1. The number of esters is 1. The maximum Gasteiger partial charge on any atom is 0.411 e. The molecular weight excluding hydrogens is 598 g/mol. The summed E-state index contributed by atoms with van der Waals surface area (Å²) in [6.07, 6.45) is 3.81. The van der Waals surface area contributed by atoms with Crippen LogP contribution in [-0.4, -0.2) is 48.2 Å².